The van der Waals surface area contributed by atoms with E-state index in [-0.39, 0.29) is 6.61 Å². The van der Waals surface area contributed by atoms with Gasteiger partial charge in [0.25, 0.3) is 0 Å². The van der Waals surface area contributed by atoms with E-state index in [0.29, 0.717) is 5.92 Å². The molecule has 108 valence electrons. The summed E-state index contributed by atoms with van der Waals surface area (Å²) in [6, 6.07) is 12.4. The van der Waals surface area contributed by atoms with E-state index in [2.05, 4.69) is 43.4 Å². The second-order valence-corrected chi connectivity index (χ2v) is 5.38. The third-order valence-electron chi connectivity index (χ3n) is 3.41. The monoisotopic (exact) mass is 273 g/mol. The number of hydrogen-bond acceptors (Lipinski definition) is 3. The van der Waals surface area contributed by atoms with Gasteiger partial charge in [-0.1, -0.05) is 36.8 Å². The van der Waals surface area contributed by atoms with Gasteiger partial charge in [-0.2, -0.15) is 0 Å². The molecule has 0 aliphatic carbocycles. The highest BCUT2D eigenvalue weighted by Crippen LogP contribution is 2.22. The molecule has 0 saturated carbocycles. The van der Waals surface area contributed by atoms with Gasteiger partial charge in [-0.15, -0.1) is 0 Å². The second-order valence-electron chi connectivity index (χ2n) is 5.38. The van der Waals surface area contributed by atoms with Gasteiger partial charge >= 0.3 is 0 Å². The summed E-state index contributed by atoms with van der Waals surface area (Å²) in [6.07, 6.45) is 0.833. The molecule has 1 heterocycles. The first-order valence-corrected chi connectivity index (χ1v) is 7.16. The summed E-state index contributed by atoms with van der Waals surface area (Å²) in [5, 5.41) is 12.2. The standard InChI is InChI=1S/C17H23NO2/c1-13-3-5-15(6-4-13)17-8-7-16(20-17)12-18-11-14(2)9-10-19/h3-8,14,18-19H,9-12H2,1-2H3. The molecule has 0 amide bonds. The largest absolute Gasteiger partial charge is 0.460 e. The molecule has 0 radical (unpaired) electrons. The molecule has 2 rings (SSSR count). The van der Waals surface area contributed by atoms with E-state index in [9.17, 15) is 0 Å². The van der Waals surface area contributed by atoms with Gasteiger partial charge in [0.1, 0.15) is 11.5 Å². The highest BCUT2D eigenvalue weighted by atomic mass is 16.3. The van der Waals surface area contributed by atoms with Crippen molar-refractivity contribution in [2.75, 3.05) is 13.2 Å². The predicted octanol–water partition coefficient (Wildman–Crippen LogP) is 3.36. The average Bonchev–Trinajstić information content (AvgIpc) is 2.89. The Hall–Kier alpha value is -1.58. The minimum atomic E-state index is 0.251. The van der Waals surface area contributed by atoms with Crippen LogP contribution in [0.25, 0.3) is 11.3 Å². The van der Waals surface area contributed by atoms with Crippen molar-refractivity contribution in [3.63, 3.8) is 0 Å². The van der Waals surface area contributed by atoms with Crippen molar-refractivity contribution in [3.05, 3.63) is 47.7 Å². The quantitative estimate of drug-likeness (QED) is 0.813. The molecule has 0 spiro atoms. The minimum Gasteiger partial charge on any atom is -0.460 e. The highest BCUT2D eigenvalue weighted by Gasteiger charge is 2.05. The number of aliphatic hydroxyl groups excluding tert-OH is 1. The number of aryl methyl sites for hydroxylation is 1. The highest BCUT2D eigenvalue weighted by molar-refractivity contribution is 5.57. The van der Waals surface area contributed by atoms with Crippen LogP contribution < -0.4 is 5.32 Å². The molecule has 0 bridgehead atoms. The Morgan fingerprint density at radius 1 is 1.15 bits per heavy atom. The molecular weight excluding hydrogens is 250 g/mol. The Morgan fingerprint density at radius 2 is 1.90 bits per heavy atom. The van der Waals surface area contributed by atoms with Crippen molar-refractivity contribution in [1.82, 2.24) is 5.32 Å². The lowest BCUT2D eigenvalue weighted by atomic mass is 10.1. The molecular formula is C17H23NO2. The average molecular weight is 273 g/mol. The van der Waals surface area contributed by atoms with Gasteiger partial charge < -0.3 is 14.8 Å². The van der Waals surface area contributed by atoms with Crippen LogP contribution in [0, 0.1) is 12.8 Å². The Morgan fingerprint density at radius 3 is 2.60 bits per heavy atom. The molecule has 3 nitrogen and oxygen atoms in total. The van der Waals surface area contributed by atoms with Gasteiger partial charge in [-0.05, 0) is 37.9 Å². The fourth-order valence-corrected chi connectivity index (χ4v) is 2.11. The number of furan rings is 1. The topological polar surface area (TPSA) is 45.4 Å². The molecule has 2 aromatic rings. The minimum absolute atomic E-state index is 0.251. The lowest BCUT2D eigenvalue weighted by molar-refractivity contribution is 0.259. The lowest BCUT2D eigenvalue weighted by Gasteiger charge is -2.09. The van der Waals surface area contributed by atoms with Crippen molar-refractivity contribution >= 4 is 0 Å². The van der Waals surface area contributed by atoms with Gasteiger partial charge in [-0.3, -0.25) is 0 Å². The molecule has 1 aromatic carbocycles. The SMILES string of the molecule is Cc1ccc(-c2ccc(CNCC(C)CCO)o2)cc1. The summed E-state index contributed by atoms with van der Waals surface area (Å²) in [6.45, 7) is 6.07. The summed E-state index contributed by atoms with van der Waals surface area (Å²) in [5.41, 5.74) is 2.36. The van der Waals surface area contributed by atoms with Gasteiger partial charge in [0.15, 0.2) is 0 Å². The van der Waals surface area contributed by atoms with Gasteiger partial charge in [0.2, 0.25) is 0 Å². The van der Waals surface area contributed by atoms with E-state index in [0.717, 1.165) is 36.6 Å². The maximum Gasteiger partial charge on any atom is 0.134 e. The van der Waals surface area contributed by atoms with Crippen molar-refractivity contribution in [2.24, 2.45) is 5.92 Å². The van der Waals surface area contributed by atoms with Crippen LogP contribution in [0.1, 0.15) is 24.7 Å². The summed E-state index contributed by atoms with van der Waals surface area (Å²) in [7, 11) is 0. The molecule has 1 unspecified atom stereocenters. The molecule has 0 aliphatic rings. The molecule has 2 N–H and O–H groups in total. The Balaban J connectivity index is 1.87. The van der Waals surface area contributed by atoms with Crippen LogP contribution >= 0.6 is 0 Å². The summed E-state index contributed by atoms with van der Waals surface area (Å²) < 4.78 is 5.84. The van der Waals surface area contributed by atoms with Crippen LogP contribution in [0.3, 0.4) is 0 Å². The Bertz CT molecular complexity index is 516. The van der Waals surface area contributed by atoms with Crippen LogP contribution in [0.4, 0.5) is 0 Å². The summed E-state index contributed by atoms with van der Waals surface area (Å²) in [4.78, 5) is 0. The number of hydrogen-bond donors (Lipinski definition) is 2. The van der Waals surface area contributed by atoms with Gasteiger partial charge in [0.05, 0.1) is 6.54 Å². The zero-order valence-corrected chi connectivity index (χ0v) is 12.2. The van der Waals surface area contributed by atoms with Crippen LogP contribution in [-0.4, -0.2) is 18.3 Å². The lowest BCUT2D eigenvalue weighted by Crippen LogP contribution is -2.21. The van der Waals surface area contributed by atoms with E-state index in [1.54, 1.807) is 0 Å². The van der Waals surface area contributed by atoms with Crippen molar-refractivity contribution < 1.29 is 9.52 Å². The van der Waals surface area contributed by atoms with Crippen LogP contribution in [0.5, 0.6) is 0 Å². The Labute approximate surface area is 120 Å². The fourth-order valence-electron chi connectivity index (χ4n) is 2.11. The zero-order chi connectivity index (χ0) is 14.4. The Kier molecular flexibility index (Phi) is 5.39. The molecule has 1 atom stereocenters. The first kappa shape index (κ1) is 14.8. The summed E-state index contributed by atoms with van der Waals surface area (Å²) >= 11 is 0. The molecule has 0 fully saturated rings. The number of rotatable bonds is 7. The molecule has 20 heavy (non-hydrogen) atoms. The van der Waals surface area contributed by atoms with E-state index >= 15 is 0 Å². The fraction of sp³-hybridized carbons (Fsp3) is 0.412. The smallest absolute Gasteiger partial charge is 0.134 e. The molecule has 0 aliphatic heterocycles. The maximum atomic E-state index is 8.86. The van der Waals surface area contributed by atoms with Crippen LogP contribution in [0.2, 0.25) is 0 Å². The van der Waals surface area contributed by atoms with Crippen molar-refractivity contribution in [3.8, 4) is 11.3 Å². The number of nitrogens with one attached hydrogen (secondary N) is 1. The predicted molar refractivity (Wildman–Crippen MR) is 81.5 cm³/mol. The normalized spacial score (nSPS) is 12.6. The van der Waals surface area contributed by atoms with E-state index in [4.69, 9.17) is 9.52 Å². The third kappa shape index (κ3) is 4.22. The van der Waals surface area contributed by atoms with Crippen LogP contribution in [-0.2, 0) is 6.54 Å². The zero-order valence-electron chi connectivity index (χ0n) is 12.2. The van der Waals surface area contributed by atoms with E-state index in [1.807, 2.05) is 12.1 Å². The van der Waals surface area contributed by atoms with Crippen molar-refractivity contribution in [2.45, 2.75) is 26.8 Å². The van der Waals surface area contributed by atoms with Crippen LogP contribution in [0.15, 0.2) is 40.8 Å². The molecule has 1 aromatic heterocycles. The van der Waals surface area contributed by atoms with Crippen molar-refractivity contribution in [1.29, 1.82) is 0 Å². The number of aliphatic hydroxyl groups is 1. The van der Waals surface area contributed by atoms with Gasteiger partial charge in [0, 0.05) is 12.2 Å². The number of benzene rings is 1. The first-order chi connectivity index (χ1) is 9.69. The second kappa shape index (κ2) is 7.27. The molecule has 3 heteroatoms. The van der Waals surface area contributed by atoms with E-state index < -0.39 is 0 Å². The van der Waals surface area contributed by atoms with E-state index in [1.165, 1.54) is 5.56 Å². The maximum absolute atomic E-state index is 8.86. The summed E-state index contributed by atoms with van der Waals surface area (Å²) in [5.74, 6) is 2.33. The molecule has 0 saturated heterocycles. The third-order valence-corrected chi connectivity index (χ3v) is 3.41. The van der Waals surface area contributed by atoms with Gasteiger partial charge in [-0.25, -0.2) is 0 Å². The first-order valence-electron chi connectivity index (χ1n) is 7.16.